The largest absolute Gasteiger partial charge is 0.352 e. The molecule has 11 heteroatoms. The number of hydrogen-bond acceptors (Lipinski definition) is 4. The van der Waals surface area contributed by atoms with Crippen molar-refractivity contribution in [2.24, 2.45) is 0 Å². The number of anilines is 1. The predicted molar refractivity (Wildman–Crippen MR) is 177 cm³/mol. The van der Waals surface area contributed by atoms with Crippen molar-refractivity contribution in [3.8, 4) is 0 Å². The smallest absolute Gasteiger partial charge is 0.244 e. The molecule has 1 N–H and O–H groups in total. The lowest BCUT2D eigenvalue weighted by Gasteiger charge is -2.35. The second kappa shape index (κ2) is 14.9. The summed E-state index contributed by atoms with van der Waals surface area (Å²) < 4.78 is 27.8. The first-order valence-electron chi connectivity index (χ1n) is 13.8. The Hall–Kier alpha value is -2.34. The number of amides is 2. The van der Waals surface area contributed by atoms with Crippen molar-refractivity contribution in [2.75, 3.05) is 17.1 Å². The van der Waals surface area contributed by atoms with E-state index in [-0.39, 0.29) is 24.9 Å². The Morgan fingerprint density at radius 3 is 2.26 bits per heavy atom. The SMILES string of the molecule is CS(=O)(=O)N(CC(=O)N(Cc1ccc(Cl)cc1Cl)[C@@H](Cc1ccccc1)C(=O)NC1CCCCC1)c1ccc(I)cc1. The maximum Gasteiger partial charge on any atom is 0.244 e. The standard InChI is InChI=1S/C31H34Cl2IN3O4S/c1-42(40,41)37(27-16-14-25(34)15-17-27)21-30(38)36(20-23-12-13-24(32)19-28(23)33)29(18-22-8-4-2-5-9-22)31(39)35-26-10-6-3-7-11-26/h2,4-5,8-9,12-17,19,26,29H,3,6-7,10-11,18,20-21H2,1H3,(H,35,39)/t29-/m0/s1. The second-order valence-corrected chi connectivity index (χ2v) is 14.5. The first kappa shape index (κ1) is 32.6. The average Bonchev–Trinajstić information content (AvgIpc) is 2.95. The zero-order valence-corrected chi connectivity index (χ0v) is 27.8. The van der Waals surface area contributed by atoms with Gasteiger partial charge in [-0.1, -0.05) is 78.9 Å². The summed E-state index contributed by atoms with van der Waals surface area (Å²) in [6.07, 6.45) is 6.30. The van der Waals surface area contributed by atoms with E-state index in [0.29, 0.717) is 21.3 Å². The van der Waals surface area contributed by atoms with E-state index in [1.807, 2.05) is 30.3 Å². The summed E-state index contributed by atoms with van der Waals surface area (Å²) >= 11 is 14.8. The van der Waals surface area contributed by atoms with Gasteiger partial charge >= 0.3 is 0 Å². The Bertz CT molecular complexity index is 1480. The van der Waals surface area contributed by atoms with Crippen LogP contribution in [-0.4, -0.2) is 50.0 Å². The maximum atomic E-state index is 14.2. The van der Waals surface area contributed by atoms with Crippen molar-refractivity contribution in [2.45, 2.75) is 57.2 Å². The van der Waals surface area contributed by atoms with E-state index in [4.69, 9.17) is 23.2 Å². The quantitative estimate of drug-likeness (QED) is 0.229. The Morgan fingerprint density at radius 1 is 0.976 bits per heavy atom. The first-order valence-corrected chi connectivity index (χ1v) is 17.5. The van der Waals surface area contributed by atoms with Crippen LogP contribution in [-0.2, 0) is 32.6 Å². The Morgan fingerprint density at radius 2 is 1.64 bits per heavy atom. The summed E-state index contributed by atoms with van der Waals surface area (Å²) in [4.78, 5) is 29.7. The van der Waals surface area contributed by atoms with Gasteiger partial charge in [-0.15, -0.1) is 0 Å². The number of nitrogens with zero attached hydrogens (tertiary/aromatic N) is 2. The molecule has 1 atom stereocenters. The van der Waals surface area contributed by atoms with Gasteiger partial charge in [0.05, 0.1) is 11.9 Å². The highest BCUT2D eigenvalue weighted by Gasteiger charge is 2.34. The highest BCUT2D eigenvalue weighted by molar-refractivity contribution is 14.1. The fraction of sp³-hybridized carbons (Fsp3) is 0.355. The fourth-order valence-corrected chi connectivity index (χ4v) is 6.83. The average molecular weight is 743 g/mol. The highest BCUT2D eigenvalue weighted by atomic mass is 127. The third kappa shape index (κ3) is 9.08. The number of carbonyl (C=O) groups excluding carboxylic acids is 2. The summed E-state index contributed by atoms with van der Waals surface area (Å²) in [6, 6.07) is 20.5. The van der Waals surface area contributed by atoms with Crippen molar-refractivity contribution >= 4 is 73.3 Å². The molecule has 7 nitrogen and oxygen atoms in total. The van der Waals surface area contributed by atoms with Gasteiger partial charge < -0.3 is 10.2 Å². The molecule has 3 aromatic rings. The fourth-order valence-electron chi connectivity index (χ4n) is 5.15. The summed E-state index contributed by atoms with van der Waals surface area (Å²) in [6.45, 7) is -0.485. The van der Waals surface area contributed by atoms with Gasteiger partial charge in [-0.05, 0) is 83.0 Å². The molecule has 1 saturated carbocycles. The number of hydrogen-bond donors (Lipinski definition) is 1. The molecule has 3 aromatic carbocycles. The summed E-state index contributed by atoms with van der Waals surface area (Å²) in [5, 5.41) is 3.98. The maximum absolute atomic E-state index is 14.2. The molecule has 0 aromatic heterocycles. The van der Waals surface area contributed by atoms with Crippen LogP contribution in [0.15, 0.2) is 72.8 Å². The molecule has 0 radical (unpaired) electrons. The molecule has 1 fully saturated rings. The molecule has 0 bridgehead atoms. The molecule has 42 heavy (non-hydrogen) atoms. The minimum Gasteiger partial charge on any atom is -0.352 e. The van der Waals surface area contributed by atoms with Crippen LogP contribution >= 0.6 is 45.8 Å². The van der Waals surface area contributed by atoms with Crippen LogP contribution in [0, 0.1) is 3.57 Å². The van der Waals surface area contributed by atoms with E-state index in [2.05, 4.69) is 27.9 Å². The predicted octanol–water partition coefficient (Wildman–Crippen LogP) is 6.45. The van der Waals surface area contributed by atoms with Crippen LogP contribution < -0.4 is 9.62 Å². The van der Waals surface area contributed by atoms with Crippen LogP contribution in [0.2, 0.25) is 10.0 Å². The lowest BCUT2D eigenvalue weighted by molar-refractivity contribution is -0.140. The van der Waals surface area contributed by atoms with Gasteiger partial charge in [-0.3, -0.25) is 13.9 Å². The molecule has 0 saturated heterocycles. The highest BCUT2D eigenvalue weighted by Crippen LogP contribution is 2.26. The monoisotopic (exact) mass is 741 g/mol. The molecule has 0 spiro atoms. The molecule has 0 aliphatic heterocycles. The normalized spacial score (nSPS) is 14.7. The third-order valence-corrected chi connectivity index (χ3v) is 9.82. The summed E-state index contributed by atoms with van der Waals surface area (Å²) in [7, 11) is -3.83. The zero-order valence-electron chi connectivity index (χ0n) is 23.3. The van der Waals surface area contributed by atoms with Gasteiger partial charge in [0.1, 0.15) is 12.6 Å². The number of sulfonamides is 1. The van der Waals surface area contributed by atoms with E-state index < -0.39 is 28.5 Å². The van der Waals surface area contributed by atoms with E-state index in [1.165, 1.54) is 4.90 Å². The van der Waals surface area contributed by atoms with Gasteiger partial charge in [0.2, 0.25) is 21.8 Å². The third-order valence-electron chi connectivity index (χ3n) is 7.37. The number of nitrogens with one attached hydrogen (secondary N) is 1. The lowest BCUT2D eigenvalue weighted by Crippen LogP contribution is -2.55. The summed E-state index contributed by atoms with van der Waals surface area (Å²) in [5.41, 5.74) is 1.83. The minimum atomic E-state index is -3.83. The number of benzene rings is 3. The molecular weight excluding hydrogens is 708 g/mol. The van der Waals surface area contributed by atoms with Crippen molar-refractivity contribution in [1.29, 1.82) is 0 Å². The van der Waals surface area contributed by atoms with E-state index in [0.717, 1.165) is 51.8 Å². The molecule has 4 rings (SSSR count). The van der Waals surface area contributed by atoms with Crippen LogP contribution in [0.3, 0.4) is 0 Å². The number of halogens is 3. The van der Waals surface area contributed by atoms with Crippen molar-refractivity contribution in [1.82, 2.24) is 10.2 Å². The van der Waals surface area contributed by atoms with Gasteiger partial charge in [-0.25, -0.2) is 8.42 Å². The van der Waals surface area contributed by atoms with Gasteiger partial charge in [0, 0.05) is 32.6 Å². The summed E-state index contributed by atoms with van der Waals surface area (Å²) in [5.74, 6) is -0.797. The Labute approximate surface area is 271 Å². The molecule has 1 aliphatic rings. The van der Waals surface area contributed by atoms with Crippen LogP contribution in [0.25, 0.3) is 0 Å². The zero-order chi connectivity index (χ0) is 30.3. The molecule has 1 aliphatic carbocycles. The lowest BCUT2D eigenvalue weighted by atomic mass is 9.94. The van der Waals surface area contributed by atoms with Crippen molar-refractivity contribution in [3.05, 3.63) is 97.5 Å². The molecule has 224 valence electrons. The Kier molecular flexibility index (Phi) is 11.6. The number of rotatable bonds is 11. The molecule has 2 amide bonds. The topological polar surface area (TPSA) is 86.8 Å². The van der Waals surface area contributed by atoms with Crippen molar-refractivity contribution in [3.63, 3.8) is 0 Å². The van der Waals surface area contributed by atoms with E-state index >= 15 is 0 Å². The van der Waals surface area contributed by atoms with Crippen LogP contribution in [0.1, 0.15) is 43.2 Å². The van der Waals surface area contributed by atoms with Gasteiger partial charge in [0.15, 0.2) is 0 Å². The van der Waals surface area contributed by atoms with Crippen molar-refractivity contribution < 1.29 is 18.0 Å². The number of carbonyl (C=O) groups is 2. The molecular formula is C31H34Cl2IN3O4S. The van der Waals surface area contributed by atoms with E-state index in [1.54, 1.807) is 42.5 Å². The second-order valence-electron chi connectivity index (χ2n) is 10.6. The molecule has 0 heterocycles. The Balaban J connectivity index is 1.74. The minimum absolute atomic E-state index is 0.00525. The molecule has 0 unspecified atom stereocenters. The van der Waals surface area contributed by atoms with E-state index in [9.17, 15) is 18.0 Å². The van der Waals surface area contributed by atoms with Crippen LogP contribution in [0.5, 0.6) is 0 Å². The van der Waals surface area contributed by atoms with Gasteiger partial charge in [-0.2, -0.15) is 0 Å². The van der Waals surface area contributed by atoms with Crippen LogP contribution in [0.4, 0.5) is 5.69 Å². The first-order chi connectivity index (χ1) is 20.0. The van der Waals surface area contributed by atoms with Gasteiger partial charge in [0.25, 0.3) is 0 Å².